The summed E-state index contributed by atoms with van der Waals surface area (Å²) in [4.78, 5) is 32.2. The number of carbonyl (C=O) groups excluding carboxylic acids is 2. The van der Waals surface area contributed by atoms with Crippen molar-refractivity contribution in [3.8, 4) is 46.3 Å². The van der Waals surface area contributed by atoms with E-state index in [0.717, 1.165) is 27.8 Å². The second-order valence-corrected chi connectivity index (χ2v) is 16.3. The van der Waals surface area contributed by atoms with Crippen LogP contribution in [0.15, 0.2) is 18.2 Å². The molecule has 0 aromatic heterocycles. The summed E-state index contributed by atoms with van der Waals surface area (Å²) in [6.45, 7) is 5.63. The number of phenolic OH excluding ortho intramolecular Hbond substituents is 2. The number of thioether (sulfide) groups is 1. The van der Waals surface area contributed by atoms with Crippen molar-refractivity contribution >= 4 is 23.6 Å². The van der Waals surface area contributed by atoms with Crippen LogP contribution in [0.2, 0.25) is 0 Å². The molecule has 1 amide bonds. The minimum Gasteiger partial charge on any atom is -0.504 e. The van der Waals surface area contributed by atoms with Crippen LogP contribution in [-0.2, 0) is 28.0 Å². The zero-order valence-electron chi connectivity index (χ0n) is 31.4. The summed E-state index contributed by atoms with van der Waals surface area (Å²) < 4.78 is 29.7. The van der Waals surface area contributed by atoms with Gasteiger partial charge >= 0.3 is 5.97 Å². The van der Waals surface area contributed by atoms with Gasteiger partial charge in [0, 0.05) is 60.1 Å². The highest BCUT2D eigenvalue weighted by Gasteiger charge is 2.61. The number of hydrogen-bond acceptors (Lipinski definition) is 14. The van der Waals surface area contributed by atoms with Crippen LogP contribution < -0.4 is 34.3 Å². The standard InChI is InChI=1S/C40H43N5O9S/c1-17-9-21-10-23-24(13-41)45-25-14-42-39(49)40(22-12-27(50-5)26(47)11-20(22)7-8-43-40)15-55-38(32(45)31(44(23)4)28(21)33(48)34(17)51-6)30-29(25)37-36(52-16-53-37)18(2)35(30)54-19(3)46/h9,11-12,23-25,31-32,38,43,47-48H,7-8,10,14-16H2,1-6H3,(H,42,49)/t23-,24+,25+,31-,32-,38-,40-/m1/s1. The summed E-state index contributed by atoms with van der Waals surface area (Å²) in [5.41, 5.74) is 4.80. The number of nitrogens with one attached hydrogen (secondary N) is 2. The van der Waals surface area contributed by atoms with E-state index in [9.17, 15) is 25.1 Å². The van der Waals surface area contributed by atoms with E-state index in [2.05, 4.69) is 32.6 Å². The van der Waals surface area contributed by atoms with Crippen molar-refractivity contribution in [2.24, 2.45) is 0 Å². The average Bonchev–Trinajstić information content (AvgIpc) is 3.65. The number of methoxy groups -OCH3 is 2. The Labute approximate surface area is 322 Å². The van der Waals surface area contributed by atoms with Gasteiger partial charge in [0.2, 0.25) is 12.7 Å². The smallest absolute Gasteiger partial charge is 0.308 e. The van der Waals surface area contributed by atoms with E-state index in [4.69, 9.17) is 23.7 Å². The topological polar surface area (TPSA) is 175 Å². The summed E-state index contributed by atoms with van der Waals surface area (Å²) in [6.07, 6.45) is 1.10. The molecule has 2 saturated heterocycles. The molecular weight excluding hydrogens is 727 g/mol. The third-order valence-corrected chi connectivity index (χ3v) is 14.0. The SMILES string of the molecule is COc1cc2c(cc1O)CCN[C@]21CS[C@@H]2c3c(OC(C)=O)c(C)c4c(c3[C@H](CNC1=O)N1[C@@H]2[C@H]2c3c(cc(C)c(OC)c3O)C[C@H]([C@@H]1C#N)N2C)OCO4. The number of piperazine rings is 1. The van der Waals surface area contributed by atoms with E-state index >= 15 is 0 Å². The van der Waals surface area contributed by atoms with Crippen LogP contribution in [-0.4, -0.2) is 96.9 Å². The summed E-state index contributed by atoms with van der Waals surface area (Å²) in [5.74, 6) is 1.47. The number of ether oxygens (including phenoxy) is 5. The maximum absolute atomic E-state index is 14.9. The lowest BCUT2D eigenvalue weighted by atomic mass is 9.71. The van der Waals surface area contributed by atoms with E-state index in [-0.39, 0.29) is 48.3 Å². The molecule has 7 aliphatic rings. The van der Waals surface area contributed by atoms with Crippen LogP contribution >= 0.6 is 11.8 Å². The number of benzene rings is 3. The predicted octanol–water partition coefficient (Wildman–Crippen LogP) is 3.56. The molecule has 7 aliphatic heterocycles. The second kappa shape index (κ2) is 12.8. The molecule has 0 radical (unpaired) electrons. The number of hydrogen-bond donors (Lipinski definition) is 4. The van der Waals surface area contributed by atoms with Gasteiger partial charge in [0.25, 0.3) is 0 Å². The molecule has 4 bridgehead atoms. The summed E-state index contributed by atoms with van der Waals surface area (Å²) in [7, 11) is 5.03. The Balaban J connectivity index is 1.33. The Morgan fingerprint density at radius 3 is 2.58 bits per heavy atom. The minimum atomic E-state index is -1.25. The van der Waals surface area contributed by atoms with Crippen LogP contribution in [0.25, 0.3) is 0 Å². The fourth-order valence-corrected chi connectivity index (χ4v) is 12.0. The highest BCUT2D eigenvalue weighted by molar-refractivity contribution is 7.99. The van der Waals surface area contributed by atoms with Crippen LogP contribution in [0, 0.1) is 25.2 Å². The number of aromatic hydroxyl groups is 2. The molecule has 10 rings (SSSR count). The number of aryl methyl sites for hydroxylation is 1. The zero-order chi connectivity index (χ0) is 38.7. The fourth-order valence-electron chi connectivity index (χ4n) is 10.3. The van der Waals surface area contributed by atoms with Crippen LogP contribution in [0.3, 0.4) is 0 Å². The van der Waals surface area contributed by atoms with E-state index in [1.807, 2.05) is 20.9 Å². The van der Waals surface area contributed by atoms with Gasteiger partial charge in [-0.05, 0) is 68.1 Å². The number of likely N-dealkylation sites (N-methyl/N-ethyl adjacent to an activating group) is 1. The quantitative estimate of drug-likeness (QED) is 0.225. The molecule has 3 aromatic rings. The van der Waals surface area contributed by atoms with Gasteiger partial charge in [0.15, 0.2) is 34.5 Å². The minimum absolute atomic E-state index is 0.00351. The molecule has 15 heteroatoms. The lowest BCUT2D eigenvalue weighted by Gasteiger charge is -2.62. The Bertz CT molecular complexity index is 2230. The van der Waals surface area contributed by atoms with Gasteiger partial charge in [-0.3, -0.25) is 24.7 Å². The Kier molecular flexibility index (Phi) is 8.36. The third kappa shape index (κ3) is 4.90. The molecule has 2 fully saturated rings. The number of nitrogens with zero attached hydrogens (tertiary/aromatic N) is 3. The molecule has 7 atom stereocenters. The lowest BCUT2D eigenvalue weighted by Crippen LogP contribution is -2.70. The van der Waals surface area contributed by atoms with Gasteiger partial charge < -0.3 is 39.2 Å². The molecule has 4 N–H and O–H groups in total. The molecular formula is C40H43N5O9S. The molecule has 55 heavy (non-hydrogen) atoms. The average molecular weight is 770 g/mol. The van der Waals surface area contributed by atoms with Crippen LogP contribution in [0.1, 0.15) is 68.8 Å². The predicted molar refractivity (Wildman–Crippen MR) is 200 cm³/mol. The monoisotopic (exact) mass is 769 g/mol. The third-order valence-electron chi connectivity index (χ3n) is 12.6. The number of amides is 1. The first-order valence-corrected chi connectivity index (χ1v) is 19.5. The number of fused-ring (bicyclic) bond motifs is 9. The summed E-state index contributed by atoms with van der Waals surface area (Å²) in [6, 6.07) is 5.63. The molecule has 0 aliphatic carbocycles. The van der Waals surface area contributed by atoms with E-state index in [0.29, 0.717) is 59.1 Å². The number of esters is 1. The first-order valence-electron chi connectivity index (χ1n) is 18.4. The van der Waals surface area contributed by atoms with Gasteiger partial charge in [0.05, 0.1) is 37.6 Å². The van der Waals surface area contributed by atoms with Crippen molar-refractivity contribution in [2.45, 2.75) is 74.6 Å². The molecule has 0 unspecified atom stereocenters. The number of carbonyl (C=O) groups is 2. The first-order chi connectivity index (χ1) is 26.4. The van der Waals surface area contributed by atoms with Gasteiger partial charge in [0.1, 0.15) is 17.3 Å². The Morgan fingerprint density at radius 1 is 1.07 bits per heavy atom. The maximum Gasteiger partial charge on any atom is 0.308 e. The maximum atomic E-state index is 14.9. The zero-order valence-corrected chi connectivity index (χ0v) is 32.3. The second-order valence-electron chi connectivity index (χ2n) is 15.2. The van der Waals surface area contributed by atoms with Crippen molar-refractivity contribution in [2.75, 3.05) is 46.9 Å². The van der Waals surface area contributed by atoms with Gasteiger partial charge in [-0.1, -0.05) is 6.07 Å². The first kappa shape index (κ1) is 35.8. The normalized spacial score (nSPS) is 28.9. The number of rotatable bonds is 3. The number of phenols is 2. The molecule has 288 valence electrons. The van der Waals surface area contributed by atoms with Crippen molar-refractivity contribution in [1.82, 2.24) is 20.4 Å². The Hall–Kier alpha value is -4.88. The molecule has 14 nitrogen and oxygen atoms in total. The molecule has 0 saturated carbocycles. The molecule has 7 heterocycles. The van der Waals surface area contributed by atoms with Crippen molar-refractivity contribution in [3.05, 3.63) is 62.7 Å². The highest BCUT2D eigenvalue weighted by Crippen LogP contribution is 2.64. The van der Waals surface area contributed by atoms with Crippen molar-refractivity contribution < 1.29 is 43.5 Å². The fraction of sp³-hybridized carbons (Fsp3) is 0.475. The van der Waals surface area contributed by atoms with Gasteiger partial charge in [-0.15, -0.1) is 11.8 Å². The van der Waals surface area contributed by atoms with Crippen molar-refractivity contribution in [3.63, 3.8) is 0 Å². The van der Waals surface area contributed by atoms with Crippen molar-refractivity contribution in [1.29, 1.82) is 5.26 Å². The summed E-state index contributed by atoms with van der Waals surface area (Å²) >= 11 is 1.52. The van der Waals surface area contributed by atoms with E-state index in [1.54, 1.807) is 19.2 Å². The van der Waals surface area contributed by atoms with Crippen LogP contribution in [0.4, 0.5) is 0 Å². The largest absolute Gasteiger partial charge is 0.504 e. The van der Waals surface area contributed by atoms with Gasteiger partial charge in [-0.2, -0.15) is 5.26 Å². The molecule has 3 aromatic carbocycles. The lowest BCUT2D eigenvalue weighted by molar-refractivity contribution is -0.132. The van der Waals surface area contributed by atoms with E-state index < -0.39 is 40.9 Å². The number of nitriles is 1. The van der Waals surface area contributed by atoms with Gasteiger partial charge in [-0.25, -0.2) is 0 Å². The Morgan fingerprint density at radius 2 is 1.85 bits per heavy atom. The molecule has 1 spiro atoms. The summed E-state index contributed by atoms with van der Waals surface area (Å²) in [5, 5.41) is 40.3. The van der Waals surface area contributed by atoms with E-state index in [1.165, 1.54) is 25.8 Å². The highest BCUT2D eigenvalue weighted by atomic mass is 32.2. The van der Waals surface area contributed by atoms with Crippen LogP contribution in [0.5, 0.6) is 40.2 Å².